The Morgan fingerprint density at radius 1 is 1.08 bits per heavy atom. The Labute approximate surface area is 142 Å². The van der Waals surface area contributed by atoms with Crippen LogP contribution in [-0.2, 0) is 19.2 Å². The third-order valence-electron chi connectivity index (χ3n) is 4.75. The number of carboxylic acid groups (broad SMARTS) is 4. The highest BCUT2D eigenvalue weighted by molar-refractivity contribution is 5.87. The molecule has 0 aromatic heterocycles. The van der Waals surface area contributed by atoms with Crippen LogP contribution in [0.15, 0.2) is 18.2 Å². The third-order valence-corrected chi connectivity index (χ3v) is 4.75. The molecule has 4 atom stereocenters. The summed E-state index contributed by atoms with van der Waals surface area (Å²) in [6.07, 6.45) is -0.910. The predicted octanol–water partition coefficient (Wildman–Crippen LogP) is 1.53. The van der Waals surface area contributed by atoms with Gasteiger partial charge in [0.25, 0.3) is 0 Å². The molecule has 4 N–H and O–H groups in total. The highest BCUT2D eigenvalue weighted by Crippen LogP contribution is 2.48. The van der Waals surface area contributed by atoms with Gasteiger partial charge in [-0.25, -0.2) is 0 Å². The van der Waals surface area contributed by atoms with E-state index in [2.05, 4.69) is 0 Å². The Hall–Kier alpha value is -2.90. The van der Waals surface area contributed by atoms with Gasteiger partial charge in [0.05, 0.1) is 24.2 Å². The molecule has 0 fully saturated rings. The van der Waals surface area contributed by atoms with Crippen LogP contribution in [0.25, 0.3) is 0 Å². The Morgan fingerprint density at radius 2 is 1.72 bits per heavy atom. The fourth-order valence-electron chi connectivity index (χ4n) is 3.73. The Morgan fingerprint density at radius 3 is 2.20 bits per heavy atom. The number of hydrogen-bond donors (Lipinski definition) is 4. The summed E-state index contributed by atoms with van der Waals surface area (Å²) in [5, 5.41) is 37.4. The molecular formula is C17H18O8. The van der Waals surface area contributed by atoms with Gasteiger partial charge in [-0.3, -0.25) is 19.2 Å². The molecule has 0 amide bonds. The monoisotopic (exact) mass is 350 g/mol. The van der Waals surface area contributed by atoms with Crippen molar-refractivity contribution in [2.75, 3.05) is 0 Å². The predicted molar refractivity (Wildman–Crippen MR) is 83.4 cm³/mol. The molecule has 0 saturated heterocycles. The molecule has 0 aliphatic heterocycles. The Kier molecular flexibility index (Phi) is 5.10. The van der Waals surface area contributed by atoms with Gasteiger partial charge in [0.2, 0.25) is 0 Å². The molecule has 0 saturated carbocycles. The minimum absolute atomic E-state index is 0.242. The van der Waals surface area contributed by atoms with E-state index in [4.69, 9.17) is 5.11 Å². The Bertz CT molecular complexity index is 738. The van der Waals surface area contributed by atoms with Gasteiger partial charge in [0, 0.05) is 0 Å². The van der Waals surface area contributed by atoms with E-state index in [0.717, 1.165) is 0 Å². The number of aryl methyl sites for hydroxylation is 1. The summed E-state index contributed by atoms with van der Waals surface area (Å²) in [4.78, 5) is 45.9. The number of fused-ring (bicyclic) bond motifs is 1. The smallest absolute Gasteiger partial charge is 0.311 e. The van der Waals surface area contributed by atoms with Gasteiger partial charge in [-0.1, -0.05) is 18.2 Å². The fraction of sp³-hybridized carbons (Fsp3) is 0.412. The maximum atomic E-state index is 11.7. The molecule has 0 radical (unpaired) electrons. The molecule has 8 heteroatoms. The summed E-state index contributed by atoms with van der Waals surface area (Å²) in [5.41, 5.74) is 1.29. The van der Waals surface area contributed by atoms with Crippen LogP contribution in [0.4, 0.5) is 0 Å². The van der Waals surface area contributed by atoms with Crippen LogP contribution in [0.3, 0.4) is 0 Å². The van der Waals surface area contributed by atoms with Crippen LogP contribution in [0, 0.1) is 18.8 Å². The van der Waals surface area contributed by atoms with Crippen molar-refractivity contribution in [3.05, 3.63) is 34.9 Å². The van der Waals surface area contributed by atoms with E-state index in [1.54, 1.807) is 19.1 Å². The van der Waals surface area contributed by atoms with Crippen LogP contribution >= 0.6 is 0 Å². The van der Waals surface area contributed by atoms with Gasteiger partial charge < -0.3 is 20.4 Å². The van der Waals surface area contributed by atoms with Gasteiger partial charge in [0.15, 0.2) is 0 Å². The van der Waals surface area contributed by atoms with Crippen LogP contribution in [0.2, 0.25) is 0 Å². The molecule has 4 unspecified atom stereocenters. The molecule has 1 aliphatic carbocycles. The summed E-state index contributed by atoms with van der Waals surface area (Å²) in [6.45, 7) is 1.67. The molecule has 0 spiro atoms. The number of rotatable bonds is 6. The van der Waals surface area contributed by atoms with E-state index in [1.165, 1.54) is 6.07 Å². The van der Waals surface area contributed by atoms with Crippen molar-refractivity contribution >= 4 is 23.9 Å². The topological polar surface area (TPSA) is 149 Å². The molecule has 1 aliphatic rings. The van der Waals surface area contributed by atoms with Crippen LogP contribution in [-0.4, -0.2) is 44.3 Å². The van der Waals surface area contributed by atoms with Gasteiger partial charge in [-0.05, 0) is 36.0 Å². The van der Waals surface area contributed by atoms with E-state index in [-0.39, 0.29) is 12.0 Å². The van der Waals surface area contributed by atoms with Gasteiger partial charge in [0.1, 0.15) is 0 Å². The zero-order valence-electron chi connectivity index (χ0n) is 13.4. The largest absolute Gasteiger partial charge is 0.481 e. The zero-order valence-corrected chi connectivity index (χ0v) is 13.4. The molecule has 8 nitrogen and oxygen atoms in total. The lowest BCUT2D eigenvalue weighted by Gasteiger charge is -2.37. The summed E-state index contributed by atoms with van der Waals surface area (Å²) in [6, 6.07) is 4.73. The van der Waals surface area contributed by atoms with E-state index >= 15 is 0 Å². The normalized spacial score (nSPS) is 23.3. The van der Waals surface area contributed by atoms with Crippen molar-refractivity contribution in [3.8, 4) is 0 Å². The molecule has 0 heterocycles. The van der Waals surface area contributed by atoms with E-state index < -0.39 is 54.0 Å². The second-order valence-corrected chi connectivity index (χ2v) is 6.22. The van der Waals surface area contributed by atoms with Gasteiger partial charge >= 0.3 is 23.9 Å². The maximum Gasteiger partial charge on any atom is 0.311 e. The Balaban J connectivity index is 2.67. The average molecular weight is 350 g/mol. The average Bonchev–Trinajstić information content (AvgIpc) is 2.50. The van der Waals surface area contributed by atoms with E-state index in [0.29, 0.717) is 11.1 Å². The lowest BCUT2D eigenvalue weighted by molar-refractivity contribution is -0.153. The van der Waals surface area contributed by atoms with Crippen molar-refractivity contribution < 1.29 is 39.6 Å². The van der Waals surface area contributed by atoms with Crippen molar-refractivity contribution in [3.63, 3.8) is 0 Å². The molecule has 134 valence electrons. The first-order valence-electron chi connectivity index (χ1n) is 7.64. The first kappa shape index (κ1) is 18.4. The molecule has 0 bridgehead atoms. The lowest BCUT2D eigenvalue weighted by atomic mass is 9.65. The third kappa shape index (κ3) is 3.47. The van der Waals surface area contributed by atoms with Gasteiger partial charge in [-0.15, -0.1) is 0 Å². The molecular weight excluding hydrogens is 332 g/mol. The number of carbonyl (C=O) groups is 4. The van der Waals surface area contributed by atoms with E-state index in [1.807, 2.05) is 0 Å². The minimum Gasteiger partial charge on any atom is -0.481 e. The van der Waals surface area contributed by atoms with Crippen molar-refractivity contribution in [2.45, 2.75) is 31.6 Å². The van der Waals surface area contributed by atoms with Gasteiger partial charge in [-0.2, -0.15) is 0 Å². The number of aliphatic carboxylic acids is 4. The second kappa shape index (κ2) is 6.92. The molecule has 2 rings (SSSR count). The minimum atomic E-state index is -1.35. The SMILES string of the molecule is Cc1cccc2c1C(C(CC(=O)O)C(=O)O)CC(C(=O)O)C2C(=O)O. The highest BCUT2D eigenvalue weighted by Gasteiger charge is 2.47. The first-order valence-corrected chi connectivity index (χ1v) is 7.64. The van der Waals surface area contributed by atoms with E-state index in [9.17, 15) is 34.5 Å². The number of benzene rings is 1. The quantitative estimate of drug-likeness (QED) is 0.603. The number of carboxylic acids is 4. The summed E-state index contributed by atoms with van der Waals surface area (Å²) < 4.78 is 0. The fourth-order valence-corrected chi connectivity index (χ4v) is 3.73. The summed E-state index contributed by atoms with van der Waals surface area (Å²) in [5.74, 6) is -10.2. The van der Waals surface area contributed by atoms with Crippen LogP contribution in [0.5, 0.6) is 0 Å². The van der Waals surface area contributed by atoms with Crippen LogP contribution < -0.4 is 0 Å². The van der Waals surface area contributed by atoms with Crippen LogP contribution in [0.1, 0.15) is 41.4 Å². The molecule has 1 aromatic rings. The zero-order chi connectivity index (χ0) is 18.9. The van der Waals surface area contributed by atoms with Crippen molar-refractivity contribution in [2.24, 2.45) is 11.8 Å². The summed E-state index contributed by atoms with van der Waals surface area (Å²) >= 11 is 0. The second-order valence-electron chi connectivity index (χ2n) is 6.22. The molecule has 1 aromatic carbocycles. The standard InChI is InChI=1S/C17H18O8/c1-7-3-2-4-8-13(7)9(10(15(20)21)6-12(18)19)5-11(16(22)23)14(8)17(24)25/h2-4,9-11,14H,5-6H2,1H3,(H,18,19)(H,20,21)(H,22,23)(H,24,25). The van der Waals surface area contributed by atoms with Crippen molar-refractivity contribution in [1.82, 2.24) is 0 Å². The molecule has 25 heavy (non-hydrogen) atoms. The first-order chi connectivity index (χ1) is 11.6. The van der Waals surface area contributed by atoms with Crippen molar-refractivity contribution in [1.29, 1.82) is 0 Å². The highest BCUT2D eigenvalue weighted by atomic mass is 16.4. The number of hydrogen-bond acceptors (Lipinski definition) is 4. The lowest BCUT2D eigenvalue weighted by Crippen LogP contribution is -2.38. The maximum absolute atomic E-state index is 11.7. The summed E-state index contributed by atoms with van der Waals surface area (Å²) in [7, 11) is 0.